The molecule has 2 aliphatic rings. The number of carbonyl (C=O) groups is 1. The third-order valence-corrected chi connectivity index (χ3v) is 9.70. The van der Waals surface area contributed by atoms with Gasteiger partial charge in [-0.3, -0.25) is 4.79 Å². The number of amides is 1. The zero-order valence-corrected chi connectivity index (χ0v) is 25.4. The van der Waals surface area contributed by atoms with Crippen LogP contribution in [0.3, 0.4) is 0 Å². The molecule has 1 N–H and O–H groups in total. The first-order valence-corrected chi connectivity index (χ1v) is 15.3. The average molecular weight is 577 g/mol. The van der Waals surface area contributed by atoms with Gasteiger partial charge in [-0.25, -0.2) is 13.5 Å². The summed E-state index contributed by atoms with van der Waals surface area (Å²) in [4.78, 5) is 22.9. The van der Waals surface area contributed by atoms with Gasteiger partial charge in [0.15, 0.2) is 0 Å². The summed E-state index contributed by atoms with van der Waals surface area (Å²) in [6.07, 6.45) is 0.421. The van der Waals surface area contributed by atoms with Crippen LogP contribution < -0.4 is 4.74 Å². The van der Waals surface area contributed by atoms with Crippen LogP contribution in [-0.2, 0) is 17.5 Å². The summed E-state index contributed by atoms with van der Waals surface area (Å²) >= 11 is 0. The highest BCUT2D eigenvalue weighted by Gasteiger charge is 2.40. The van der Waals surface area contributed by atoms with Crippen LogP contribution in [0.4, 0.5) is 0 Å². The summed E-state index contributed by atoms with van der Waals surface area (Å²) in [7, 11) is 2.40. The Morgan fingerprint density at radius 1 is 1.02 bits per heavy atom. The Labute approximate surface area is 245 Å². The molecule has 3 aromatic rings. The number of aliphatic hydroxyl groups is 1. The van der Waals surface area contributed by atoms with Gasteiger partial charge in [-0.1, -0.05) is 30.3 Å². The lowest BCUT2D eigenvalue weighted by Crippen LogP contribution is -2.47. The zero-order valence-electron chi connectivity index (χ0n) is 24.6. The number of methoxy groups -OCH3 is 1. The van der Waals surface area contributed by atoms with E-state index in [1.807, 2.05) is 78.5 Å². The number of nitrogens with zero attached hydrogens (tertiary/aromatic N) is 4. The molecule has 1 unspecified atom stereocenters. The number of hydrogen-bond acceptors (Lipinski definition) is 6. The van der Waals surface area contributed by atoms with E-state index in [4.69, 9.17) is 9.72 Å². The van der Waals surface area contributed by atoms with Gasteiger partial charge in [0.25, 0.3) is 5.91 Å². The highest BCUT2D eigenvalue weighted by atomic mass is 32.2. The van der Waals surface area contributed by atoms with E-state index in [1.54, 1.807) is 7.11 Å². The number of pyridine rings is 1. The Balaban J connectivity index is 1.64. The van der Waals surface area contributed by atoms with Crippen molar-refractivity contribution in [2.75, 3.05) is 46.9 Å². The number of hydrogen-bond donors (Lipinski definition) is 1. The van der Waals surface area contributed by atoms with Gasteiger partial charge in [0.1, 0.15) is 22.4 Å². The van der Waals surface area contributed by atoms with Crippen LogP contribution in [0, 0.1) is 0 Å². The maximum atomic E-state index is 13.7. The van der Waals surface area contributed by atoms with E-state index in [0.29, 0.717) is 37.4 Å². The standard InChI is InChI=1S/C32H40N4O4S/c1-32(2,3)41(39)36-21-25-20-27(31(38)35-15-13-34(4)14-16-35)33-30(29(25)28(36)12-17-37)24-10-6-8-22(18-24)23-9-7-11-26(19-23)40-5/h6-11,18-20,28,37H,12-17,21H2,1-5H3/t28-,41?/m1/s1. The van der Waals surface area contributed by atoms with Crippen LogP contribution in [-0.4, -0.2) is 86.0 Å². The van der Waals surface area contributed by atoms with Crippen molar-refractivity contribution in [2.24, 2.45) is 0 Å². The van der Waals surface area contributed by atoms with Crippen molar-refractivity contribution in [3.63, 3.8) is 0 Å². The van der Waals surface area contributed by atoms with Crippen molar-refractivity contribution in [1.82, 2.24) is 19.1 Å². The van der Waals surface area contributed by atoms with Crippen molar-refractivity contribution in [3.8, 4) is 28.1 Å². The highest BCUT2D eigenvalue weighted by molar-refractivity contribution is 7.84. The maximum absolute atomic E-state index is 13.7. The molecule has 0 aliphatic carbocycles. The molecule has 9 heteroatoms. The van der Waals surface area contributed by atoms with Gasteiger partial charge < -0.3 is 19.6 Å². The predicted molar refractivity (Wildman–Crippen MR) is 163 cm³/mol. The minimum Gasteiger partial charge on any atom is -0.497 e. The highest BCUT2D eigenvalue weighted by Crippen LogP contribution is 2.44. The number of rotatable bonds is 7. The molecule has 5 rings (SSSR count). The number of benzene rings is 2. The quantitative estimate of drug-likeness (QED) is 0.446. The number of likely N-dealkylation sites (N-methyl/N-ethyl adjacent to an activating group) is 1. The lowest BCUT2D eigenvalue weighted by molar-refractivity contribution is 0.0658. The number of carbonyl (C=O) groups excluding carboxylic acids is 1. The van der Waals surface area contributed by atoms with Crippen molar-refractivity contribution in [1.29, 1.82) is 0 Å². The molecular formula is C32H40N4O4S. The topological polar surface area (TPSA) is 86.2 Å². The van der Waals surface area contributed by atoms with Crippen molar-refractivity contribution >= 4 is 16.9 Å². The molecule has 1 amide bonds. The second-order valence-electron chi connectivity index (χ2n) is 11.8. The van der Waals surface area contributed by atoms with Gasteiger partial charge in [0.2, 0.25) is 0 Å². The van der Waals surface area contributed by atoms with E-state index in [9.17, 15) is 14.1 Å². The predicted octanol–water partition coefficient (Wildman–Crippen LogP) is 4.51. The number of aliphatic hydroxyl groups excluding tert-OH is 1. The van der Waals surface area contributed by atoms with E-state index in [2.05, 4.69) is 18.0 Å². The Bertz CT molecular complexity index is 1450. The second-order valence-corrected chi connectivity index (χ2v) is 14.0. The molecule has 1 fully saturated rings. The van der Waals surface area contributed by atoms with Crippen LogP contribution in [0.15, 0.2) is 54.6 Å². The summed E-state index contributed by atoms with van der Waals surface area (Å²) in [5.41, 5.74) is 5.87. The first kappa shape index (κ1) is 29.4. The van der Waals surface area contributed by atoms with Crippen LogP contribution in [0.25, 0.3) is 22.4 Å². The fourth-order valence-electron chi connectivity index (χ4n) is 5.62. The molecule has 1 saturated heterocycles. The van der Waals surface area contributed by atoms with E-state index in [0.717, 1.165) is 46.7 Å². The third-order valence-electron chi connectivity index (χ3n) is 7.84. The zero-order chi connectivity index (χ0) is 29.3. The Morgan fingerprint density at radius 3 is 2.34 bits per heavy atom. The summed E-state index contributed by atoms with van der Waals surface area (Å²) in [5.74, 6) is 0.690. The Hall–Kier alpha value is -3.11. The molecule has 2 aliphatic heterocycles. The SMILES string of the molecule is COc1cccc(-c2cccc(-c3nc(C(=O)N4CCN(C)CC4)cc4c3[C@@H](CCO)N(S(=O)C(C)(C)C)C4)c2)c1. The maximum Gasteiger partial charge on any atom is 0.272 e. The molecule has 2 aromatic carbocycles. The number of fused-ring (bicyclic) bond motifs is 1. The van der Waals surface area contributed by atoms with E-state index in [1.165, 1.54) is 0 Å². The molecule has 8 nitrogen and oxygen atoms in total. The molecule has 3 heterocycles. The minimum atomic E-state index is -1.32. The normalized spacial score (nSPS) is 18.8. The van der Waals surface area contributed by atoms with Crippen LogP contribution in [0.1, 0.15) is 54.8 Å². The van der Waals surface area contributed by atoms with Crippen LogP contribution >= 0.6 is 0 Å². The van der Waals surface area contributed by atoms with Crippen LogP contribution in [0.2, 0.25) is 0 Å². The smallest absolute Gasteiger partial charge is 0.272 e. The van der Waals surface area contributed by atoms with Gasteiger partial charge in [0, 0.05) is 50.5 Å². The lowest BCUT2D eigenvalue weighted by Gasteiger charge is -2.32. The minimum absolute atomic E-state index is 0.0484. The Kier molecular flexibility index (Phi) is 8.61. The van der Waals surface area contributed by atoms with Gasteiger partial charge >= 0.3 is 0 Å². The van der Waals surface area contributed by atoms with Gasteiger partial charge in [-0.15, -0.1) is 0 Å². The van der Waals surface area contributed by atoms with Gasteiger partial charge in [0.05, 0.1) is 23.6 Å². The average Bonchev–Trinajstić information content (AvgIpc) is 3.34. The van der Waals surface area contributed by atoms with Gasteiger partial charge in [-0.05, 0) is 75.2 Å². The number of aromatic nitrogens is 1. The molecule has 2 atom stereocenters. The summed E-state index contributed by atoms with van der Waals surface area (Å²) < 4.78 is 20.6. The van der Waals surface area contributed by atoms with Crippen LogP contribution in [0.5, 0.6) is 5.75 Å². The number of ether oxygens (including phenoxy) is 1. The second kappa shape index (κ2) is 12.0. The van der Waals surface area contributed by atoms with Crippen molar-refractivity contribution < 1.29 is 18.8 Å². The molecule has 1 aromatic heterocycles. The summed E-state index contributed by atoms with van der Waals surface area (Å²) in [6.45, 7) is 9.21. The van der Waals surface area contributed by atoms with Crippen molar-refractivity contribution in [2.45, 2.75) is 44.5 Å². The fourth-order valence-corrected chi connectivity index (χ4v) is 7.02. The summed E-state index contributed by atoms with van der Waals surface area (Å²) in [6, 6.07) is 17.6. The summed E-state index contributed by atoms with van der Waals surface area (Å²) in [5, 5.41) is 10.1. The largest absolute Gasteiger partial charge is 0.497 e. The number of piperazine rings is 1. The first-order chi connectivity index (χ1) is 19.6. The molecule has 41 heavy (non-hydrogen) atoms. The van der Waals surface area contributed by atoms with E-state index < -0.39 is 15.7 Å². The molecule has 0 bridgehead atoms. The molecular weight excluding hydrogens is 536 g/mol. The van der Waals surface area contributed by atoms with Crippen molar-refractivity contribution in [3.05, 3.63) is 71.4 Å². The van der Waals surface area contributed by atoms with E-state index >= 15 is 0 Å². The molecule has 0 saturated carbocycles. The first-order valence-electron chi connectivity index (χ1n) is 14.2. The molecule has 0 spiro atoms. The monoisotopic (exact) mass is 576 g/mol. The van der Waals surface area contributed by atoms with Gasteiger partial charge in [-0.2, -0.15) is 0 Å². The lowest BCUT2D eigenvalue weighted by atomic mass is 9.94. The molecule has 0 radical (unpaired) electrons. The third kappa shape index (κ3) is 6.09. The van der Waals surface area contributed by atoms with E-state index in [-0.39, 0.29) is 18.6 Å². The molecule has 218 valence electrons. The fraction of sp³-hybridized carbons (Fsp3) is 0.438. The Morgan fingerprint density at radius 2 is 1.68 bits per heavy atom.